The standard InChI is InChI=1S/C13H22N2/c1-13(11-14)6-8-15(9-7-13)10-12-4-2-3-5-12/h12H,2-10H2,1H3. The van der Waals surface area contributed by atoms with Gasteiger partial charge in [0.25, 0.3) is 0 Å². The van der Waals surface area contributed by atoms with E-state index in [9.17, 15) is 0 Å². The Labute approximate surface area is 93.3 Å². The fraction of sp³-hybridized carbons (Fsp3) is 0.923. The molecule has 1 saturated heterocycles. The zero-order valence-electron chi connectivity index (χ0n) is 9.84. The lowest BCUT2D eigenvalue weighted by molar-refractivity contribution is 0.138. The quantitative estimate of drug-likeness (QED) is 0.694. The van der Waals surface area contributed by atoms with Crippen molar-refractivity contribution in [2.75, 3.05) is 19.6 Å². The summed E-state index contributed by atoms with van der Waals surface area (Å²) in [4.78, 5) is 2.58. The van der Waals surface area contributed by atoms with Gasteiger partial charge in [0.05, 0.1) is 11.5 Å². The summed E-state index contributed by atoms with van der Waals surface area (Å²) in [7, 11) is 0. The lowest BCUT2D eigenvalue weighted by Crippen LogP contribution is -2.40. The Kier molecular flexibility index (Phi) is 3.31. The summed E-state index contributed by atoms with van der Waals surface area (Å²) in [6, 6.07) is 2.47. The molecule has 0 bridgehead atoms. The molecular formula is C13H22N2. The van der Waals surface area contributed by atoms with Crippen molar-refractivity contribution in [2.24, 2.45) is 11.3 Å². The Morgan fingerprint density at radius 1 is 1.27 bits per heavy atom. The molecular weight excluding hydrogens is 184 g/mol. The molecule has 2 aliphatic rings. The molecule has 1 saturated carbocycles. The molecule has 0 unspecified atom stereocenters. The smallest absolute Gasteiger partial charge is 0.0687 e. The highest BCUT2D eigenvalue weighted by Crippen LogP contribution is 2.32. The molecule has 0 aromatic rings. The predicted molar refractivity (Wildman–Crippen MR) is 61.4 cm³/mol. The second-order valence-electron chi connectivity index (χ2n) is 5.62. The van der Waals surface area contributed by atoms with Gasteiger partial charge in [0, 0.05) is 6.54 Å². The van der Waals surface area contributed by atoms with Crippen molar-refractivity contribution in [3.05, 3.63) is 0 Å². The summed E-state index contributed by atoms with van der Waals surface area (Å²) in [5.74, 6) is 0.955. The fourth-order valence-corrected chi connectivity index (χ4v) is 2.90. The van der Waals surface area contributed by atoms with E-state index in [4.69, 9.17) is 5.26 Å². The lowest BCUT2D eigenvalue weighted by Gasteiger charge is -2.36. The molecule has 0 radical (unpaired) electrons. The summed E-state index contributed by atoms with van der Waals surface area (Å²) < 4.78 is 0. The van der Waals surface area contributed by atoms with Crippen LogP contribution in [0.2, 0.25) is 0 Å². The van der Waals surface area contributed by atoms with Crippen molar-refractivity contribution >= 4 is 0 Å². The van der Waals surface area contributed by atoms with Crippen LogP contribution in [0.15, 0.2) is 0 Å². The molecule has 2 rings (SSSR count). The Morgan fingerprint density at radius 2 is 1.87 bits per heavy atom. The predicted octanol–water partition coefficient (Wildman–Crippen LogP) is 2.80. The molecule has 2 nitrogen and oxygen atoms in total. The Balaban J connectivity index is 1.76. The largest absolute Gasteiger partial charge is 0.303 e. The normalized spacial score (nSPS) is 27.7. The topological polar surface area (TPSA) is 27.0 Å². The van der Waals surface area contributed by atoms with Crippen LogP contribution >= 0.6 is 0 Å². The second-order valence-corrected chi connectivity index (χ2v) is 5.62. The van der Waals surface area contributed by atoms with Crippen molar-refractivity contribution in [1.29, 1.82) is 5.26 Å². The monoisotopic (exact) mass is 206 g/mol. The number of likely N-dealkylation sites (tertiary alicyclic amines) is 1. The average molecular weight is 206 g/mol. The van der Waals surface area contributed by atoms with E-state index in [2.05, 4.69) is 17.9 Å². The number of nitrogens with zero attached hydrogens (tertiary/aromatic N) is 2. The summed E-state index contributed by atoms with van der Waals surface area (Å²) >= 11 is 0. The van der Waals surface area contributed by atoms with Gasteiger partial charge in [0.1, 0.15) is 0 Å². The van der Waals surface area contributed by atoms with Gasteiger partial charge in [-0.15, -0.1) is 0 Å². The van der Waals surface area contributed by atoms with Crippen LogP contribution in [-0.2, 0) is 0 Å². The van der Waals surface area contributed by atoms with Crippen LogP contribution in [0, 0.1) is 22.7 Å². The molecule has 0 atom stereocenters. The van der Waals surface area contributed by atoms with E-state index < -0.39 is 0 Å². The SMILES string of the molecule is CC1(C#N)CCN(CC2CCCC2)CC1. The van der Waals surface area contributed by atoms with E-state index in [-0.39, 0.29) is 5.41 Å². The first-order valence-corrected chi connectivity index (χ1v) is 6.35. The maximum Gasteiger partial charge on any atom is 0.0687 e. The fourth-order valence-electron chi connectivity index (χ4n) is 2.90. The van der Waals surface area contributed by atoms with Gasteiger partial charge in [-0.3, -0.25) is 0 Å². The first-order chi connectivity index (χ1) is 7.22. The highest BCUT2D eigenvalue weighted by molar-refractivity contribution is 4.98. The number of rotatable bonds is 2. The first-order valence-electron chi connectivity index (χ1n) is 6.35. The average Bonchev–Trinajstić information content (AvgIpc) is 2.75. The van der Waals surface area contributed by atoms with E-state index in [1.54, 1.807) is 0 Å². The molecule has 1 heterocycles. The number of hydrogen-bond donors (Lipinski definition) is 0. The van der Waals surface area contributed by atoms with E-state index in [1.807, 2.05) is 0 Å². The van der Waals surface area contributed by atoms with Crippen LogP contribution in [0.5, 0.6) is 0 Å². The van der Waals surface area contributed by atoms with Crippen LogP contribution in [0.1, 0.15) is 45.4 Å². The minimum atomic E-state index is -0.0355. The highest BCUT2D eigenvalue weighted by Gasteiger charge is 2.30. The Hall–Kier alpha value is -0.550. The molecule has 0 N–H and O–H groups in total. The Morgan fingerprint density at radius 3 is 2.40 bits per heavy atom. The minimum absolute atomic E-state index is 0.0355. The summed E-state index contributed by atoms with van der Waals surface area (Å²) in [5, 5.41) is 9.05. The van der Waals surface area contributed by atoms with Gasteiger partial charge in [-0.25, -0.2) is 0 Å². The highest BCUT2D eigenvalue weighted by atomic mass is 15.1. The third kappa shape index (κ3) is 2.72. The van der Waals surface area contributed by atoms with Gasteiger partial charge in [0.2, 0.25) is 0 Å². The van der Waals surface area contributed by atoms with E-state index >= 15 is 0 Å². The van der Waals surface area contributed by atoms with Gasteiger partial charge >= 0.3 is 0 Å². The molecule has 1 aliphatic heterocycles. The Bertz CT molecular complexity index is 240. The molecule has 0 aromatic carbocycles. The summed E-state index contributed by atoms with van der Waals surface area (Å²) in [6.07, 6.45) is 7.88. The van der Waals surface area contributed by atoms with Crippen LogP contribution in [0.4, 0.5) is 0 Å². The molecule has 2 fully saturated rings. The molecule has 15 heavy (non-hydrogen) atoms. The first kappa shape index (κ1) is 11.0. The maximum absolute atomic E-state index is 9.05. The lowest BCUT2D eigenvalue weighted by atomic mass is 9.82. The molecule has 0 aromatic heterocycles. The van der Waals surface area contributed by atoms with Crippen molar-refractivity contribution in [1.82, 2.24) is 4.90 Å². The van der Waals surface area contributed by atoms with Gasteiger partial charge in [-0.2, -0.15) is 5.26 Å². The van der Waals surface area contributed by atoms with Crippen molar-refractivity contribution in [3.8, 4) is 6.07 Å². The van der Waals surface area contributed by atoms with Crippen LogP contribution in [0.25, 0.3) is 0 Å². The number of piperidine rings is 1. The van der Waals surface area contributed by atoms with E-state index in [0.717, 1.165) is 31.8 Å². The molecule has 1 aliphatic carbocycles. The van der Waals surface area contributed by atoms with Gasteiger partial charge < -0.3 is 4.90 Å². The maximum atomic E-state index is 9.05. The zero-order chi connectivity index (χ0) is 10.7. The third-order valence-corrected chi connectivity index (χ3v) is 4.22. The summed E-state index contributed by atoms with van der Waals surface area (Å²) in [6.45, 7) is 5.68. The van der Waals surface area contributed by atoms with Crippen molar-refractivity contribution in [2.45, 2.75) is 45.4 Å². The second kappa shape index (κ2) is 4.53. The molecule has 84 valence electrons. The minimum Gasteiger partial charge on any atom is -0.303 e. The number of hydrogen-bond acceptors (Lipinski definition) is 2. The zero-order valence-corrected chi connectivity index (χ0v) is 9.84. The van der Waals surface area contributed by atoms with Gasteiger partial charge in [-0.05, 0) is 51.6 Å². The van der Waals surface area contributed by atoms with Crippen molar-refractivity contribution < 1.29 is 0 Å². The van der Waals surface area contributed by atoms with Crippen LogP contribution in [-0.4, -0.2) is 24.5 Å². The number of nitriles is 1. The third-order valence-electron chi connectivity index (χ3n) is 4.22. The van der Waals surface area contributed by atoms with Crippen LogP contribution in [0.3, 0.4) is 0 Å². The molecule has 0 spiro atoms. The van der Waals surface area contributed by atoms with Crippen LogP contribution < -0.4 is 0 Å². The van der Waals surface area contributed by atoms with Gasteiger partial charge in [0.15, 0.2) is 0 Å². The van der Waals surface area contributed by atoms with E-state index in [1.165, 1.54) is 32.2 Å². The van der Waals surface area contributed by atoms with E-state index in [0.29, 0.717) is 0 Å². The van der Waals surface area contributed by atoms with Crippen molar-refractivity contribution in [3.63, 3.8) is 0 Å². The molecule has 2 heteroatoms. The molecule has 0 amide bonds. The summed E-state index contributed by atoms with van der Waals surface area (Å²) in [5.41, 5.74) is -0.0355. The van der Waals surface area contributed by atoms with Gasteiger partial charge in [-0.1, -0.05) is 12.8 Å².